The van der Waals surface area contributed by atoms with Gasteiger partial charge in [0.1, 0.15) is 0 Å². The van der Waals surface area contributed by atoms with Crippen LogP contribution < -0.4 is 10.6 Å². The van der Waals surface area contributed by atoms with E-state index in [1.54, 1.807) is 6.92 Å². The van der Waals surface area contributed by atoms with Crippen LogP contribution in [-0.2, 0) is 4.74 Å². The number of nitrogens with one attached hydrogen (secondary N) is 2. The van der Waals surface area contributed by atoms with Gasteiger partial charge in [0.25, 0.3) is 0 Å². The van der Waals surface area contributed by atoms with Crippen LogP contribution in [-0.4, -0.2) is 18.7 Å². The Morgan fingerprint density at radius 3 is 2.38 bits per heavy atom. The number of hydrogen-bond acceptors (Lipinski definition) is 3. The van der Waals surface area contributed by atoms with Crippen molar-refractivity contribution in [3.8, 4) is 0 Å². The summed E-state index contributed by atoms with van der Waals surface area (Å²) >= 11 is 0. The molecule has 0 fully saturated rings. The first kappa shape index (κ1) is 17.3. The second-order valence-corrected chi connectivity index (χ2v) is 5.32. The molecule has 0 aliphatic carbocycles. The summed E-state index contributed by atoms with van der Waals surface area (Å²) in [4.78, 5) is 11.3. The lowest BCUT2D eigenvalue weighted by atomic mass is 10.1. The minimum Gasteiger partial charge on any atom is -0.450 e. The zero-order chi connectivity index (χ0) is 15.5. The van der Waals surface area contributed by atoms with Crippen LogP contribution in [0, 0.1) is 0 Å². The number of carbonyl (C=O) groups is 1. The van der Waals surface area contributed by atoms with Gasteiger partial charge in [-0.05, 0) is 44.5 Å². The van der Waals surface area contributed by atoms with Gasteiger partial charge in [0, 0.05) is 17.4 Å². The van der Waals surface area contributed by atoms with Crippen molar-refractivity contribution in [2.45, 2.75) is 58.9 Å². The summed E-state index contributed by atoms with van der Waals surface area (Å²) in [5.74, 6) is 0. The lowest BCUT2D eigenvalue weighted by molar-refractivity contribution is 0.168. The van der Waals surface area contributed by atoms with Gasteiger partial charge in [-0.2, -0.15) is 0 Å². The molecule has 0 aromatic heterocycles. The summed E-state index contributed by atoms with van der Waals surface area (Å²) in [6, 6.07) is 8.17. The maximum absolute atomic E-state index is 11.3. The normalized spacial score (nSPS) is 11.8. The molecule has 4 heteroatoms. The molecular formula is C17H28N2O2. The number of amides is 1. The van der Waals surface area contributed by atoms with Crippen molar-refractivity contribution < 1.29 is 9.53 Å². The van der Waals surface area contributed by atoms with Crippen molar-refractivity contribution in [1.82, 2.24) is 0 Å². The zero-order valence-corrected chi connectivity index (χ0v) is 13.4. The highest BCUT2D eigenvalue weighted by molar-refractivity contribution is 5.84. The fourth-order valence-electron chi connectivity index (χ4n) is 2.17. The Hall–Kier alpha value is -1.71. The van der Waals surface area contributed by atoms with Gasteiger partial charge in [-0.15, -0.1) is 0 Å². The first-order chi connectivity index (χ1) is 10.2. The largest absolute Gasteiger partial charge is 0.450 e. The van der Waals surface area contributed by atoms with E-state index in [0.717, 1.165) is 11.4 Å². The molecule has 2 N–H and O–H groups in total. The van der Waals surface area contributed by atoms with Crippen molar-refractivity contribution in [3.63, 3.8) is 0 Å². The van der Waals surface area contributed by atoms with Crippen molar-refractivity contribution in [3.05, 3.63) is 24.3 Å². The summed E-state index contributed by atoms with van der Waals surface area (Å²) in [7, 11) is 0. The third kappa shape index (κ3) is 7.59. The standard InChI is InChI=1S/C17H28N2O2/c1-4-6-7-8-9-14(3)18-15-10-12-16(13-11-15)19-17(20)21-5-2/h10-14,18H,4-9H2,1-3H3,(H,19,20). The van der Waals surface area contributed by atoms with Gasteiger partial charge in [-0.1, -0.05) is 32.6 Å². The number of rotatable bonds is 9. The molecule has 1 amide bonds. The maximum Gasteiger partial charge on any atom is 0.411 e. The second kappa shape index (κ2) is 10.1. The van der Waals surface area contributed by atoms with Gasteiger partial charge in [0.15, 0.2) is 0 Å². The van der Waals surface area contributed by atoms with E-state index in [-0.39, 0.29) is 0 Å². The average molecular weight is 292 g/mol. The summed E-state index contributed by atoms with van der Waals surface area (Å²) in [6.45, 7) is 6.60. The Morgan fingerprint density at radius 1 is 1.10 bits per heavy atom. The van der Waals surface area contributed by atoms with E-state index >= 15 is 0 Å². The molecule has 0 aliphatic heterocycles. The molecule has 0 saturated heterocycles. The average Bonchev–Trinajstić information content (AvgIpc) is 2.46. The fraction of sp³-hybridized carbons (Fsp3) is 0.588. The molecular weight excluding hydrogens is 264 g/mol. The molecule has 0 aliphatic rings. The lowest BCUT2D eigenvalue weighted by Crippen LogP contribution is -2.15. The Morgan fingerprint density at radius 2 is 1.76 bits per heavy atom. The number of hydrogen-bond donors (Lipinski definition) is 2. The first-order valence-corrected chi connectivity index (χ1v) is 7.96. The first-order valence-electron chi connectivity index (χ1n) is 7.96. The number of unbranched alkanes of at least 4 members (excludes halogenated alkanes) is 3. The second-order valence-electron chi connectivity index (χ2n) is 5.32. The van der Waals surface area contributed by atoms with E-state index in [9.17, 15) is 4.79 Å². The van der Waals surface area contributed by atoms with E-state index in [0.29, 0.717) is 12.6 Å². The molecule has 1 aromatic carbocycles. The van der Waals surface area contributed by atoms with Gasteiger partial charge >= 0.3 is 6.09 Å². The minimum absolute atomic E-state index is 0.376. The molecule has 118 valence electrons. The van der Waals surface area contributed by atoms with Gasteiger partial charge < -0.3 is 10.1 Å². The summed E-state index contributed by atoms with van der Waals surface area (Å²) < 4.78 is 4.84. The number of carbonyl (C=O) groups excluding carboxylic acids is 1. The smallest absolute Gasteiger partial charge is 0.411 e. The van der Waals surface area contributed by atoms with Gasteiger partial charge in [0.2, 0.25) is 0 Å². The summed E-state index contributed by atoms with van der Waals surface area (Å²) in [5, 5.41) is 6.16. The van der Waals surface area contributed by atoms with Crippen LogP contribution in [0.2, 0.25) is 0 Å². The molecule has 0 bridgehead atoms. The van der Waals surface area contributed by atoms with Gasteiger partial charge in [-0.25, -0.2) is 4.79 Å². The van der Waals surface area contributed by atoms with Crippen LogP contribution in [0.4, 0.5) is 16.2 Å². The summed E-state index contributed by atoms with van der Waals surface area (Å²) in [5.41, 5.74) is 1.82. The van der Waals surface area contributed by atoms with Crippen molar-refractivity contribution in [2.24, 2.45) is 0 Å². The van der Waals surface area contributed by atoms with Crippen molar-refractivity contribution in [2.75, 3.05) is 17.2 Å². The quantitative estimate of drug-likeness (QED) is 0.628. The predicted molar refractivity (Wildman–Crippen MR) is 88.9 cm³/mol. The van der Waals surface area contributed by atoms with Crippen LogP contribution in [0.25, 0.3) is 0 Å². The van der Waals surface area contributed by atoms with E-state index in [2.05, 4.69) is 24.5 Å². The van der Waals surface area contributed by atoms with Crippen LogP contribution in [0.15, 0.2) is 24.3 Å². The highest BCUT2D eigenvalue weighted by Crippen LogP contribution is 2.16. The van der Waals surface area contributed by atoms with E-state index in [1.807, 2.05) is 24.3 Å². The summed E-state index contributed by atoms with van der Waals surface area (Å²) in [6.07, 6.45) is 5.94. The topological polar surface area (TPSA) is 50.4 Å². The monoisotopic (exact) mass is 292 g/mol. The molecule has 0 spiro atoms. The number of anilines is 2. The Kier molecular flexibility index (Phi) is 8.32. The molecule has 0 saturated carbocycles. The maximum atomic E-state index is 11.3. The highest BCUT2D eigenvalue weighted by atomic mass is 16.5. The minimum atomic E-state index is -0.414. The third-order valence-electron chi connectivity index (χ3n) is 3.31. The van der Waals surface area contributed by atoms with Crippen molar-refractivity contribution >= 4 is 17.5 Å². The molecule has 21 heavy (non-hydrogen) atoms. The molecule has 1 aromatic rings. The van der Waals surface area contributed by atoms with Crippen LogP contribution in [0.1, 0.15) is 52.9 Å². The van der Waals surface area contributed by atoms with E-state index < -0.39 is 6.09 Å². The molecule has 1 unspecified atom stereocenters. The van der Waals surface area contributed by atoms with Crippen molar-refractivity contribution in [1.29, 1.82) is 0 Å². The van der Waals surface area contributed by atoms with Crippen LogP contribution in [0.5, 0.6) is 0 Å². The Balaban J connectivity index is 2.34. The molecule has 0 radical (unpaired) electrons. The lowest BCUT2D eigenvalue weighted by Gasteiger charge is -2.15. The van der Waals surface area contributed by atoms with Gasteiger partial charge in [-0.3, -0.25) is 5.32 Å². The predicted octanol–water partition coefficient (Wildman–Crippen LogP) is 5.03. The zero-order valence-electron chi connectivity index (χ0n) is 13.4. The van der Waals surface area contributed by atoms with E-state index in [4.69, 9.17) is 4.74 Å². The fourth-order valence-corrected chi connectivity index (χ4v) is 2.17. The highest BCUT2D eigenvalue weighted by Gasteiger charge is 2.04. The van der Waals surface area contributed by atoms with Crippen LogP contribution >= 0.6 is 0 Å². The molecule has 1 rings (SSSR count). The molecule has 0 heterocycles. The SMILES string of the molecule is CCCCCCC(C)Nc1ccc(NC(=O)OCC)cc1. The van der Waals surface area contributed by atoms with Gasteiger partial charge in [0.05, 0.1) is 6.61 Å². The van der Waals surface area contributed by atoms with E-state index in [1.165, 1.54) is 32.1 Å². The Bertz CT molecular complexity index is 404. The molecule has 1 atom stereocenters. The Labute approximate surface area is 128 Å². The van der Waals surface area contributed by atoms with Crippen LogP contribution in [0.3, 0.4) is 0 Å². The molecule has 4 nitrogen and oxygen atoms in total. The number of ether oxygens (including phenoxy) is 1. The number of benzene rings is 1. The third-order valence-corrected chi connectivity index (χ3v) is 3.31.